The number of nitrogens with zero attached hydrogens (tertiary/aromatic N) is 2. The van der Waals surface area contributed by atoms with Gasteiger partial charge in [-0.05, 0) is 31.0 Å². The summed E-state index contributed by atoms with van der Waals surface area (Å²) < 4.78 is 17.5. The first kappa shape index (κ1) is 21.9. The Hall–Kier alpha value is -2.75. The van der Waals surface area contributed by atoms with Gasteiger partial charge in [0.15, 0.2) is 12.5 Å². The molecule has 0 amide bonds. The van der Waals surface area contributed by atoms with Crippen molar-refractivity contribution in [2.24, 2.45) is 0 Å². The third kappa shape index (κ3) is 6.94. The number of hydrogen-bond donors (Lipinski definition) is 2. The van der Waals surface area contributed by atoms with Crippen LogP contribution in [0.5, 0.6) is 0 Å². The Morgan fingerprint density at radius 1 is 1.23 bits per heavy atom. The molecule has 1 aliphatic rings. The Bertz CT molecular complexity index is 858. The van der Waals surface area contributed by atoms with E-state index in [-0.39, 0.29) is 25.0 Å². The van der Waals surface area contributed by atoms with Crippen LogP contribution in [0.25, 0.3) is 0 Å². The molecule has 0 bridgehead atoms. The number of nitrogens with one attached hydrogen (secondary N) is 1. The summed E-state index contributed by atoms with van der Waals surface area (Å²) in [5.41, 5.74) is 6.22. The molecular weight excluding hydrogens is 388 g/mol. The topological polar surface area (TPSA) is 118 Å². The lowest BCUT2D eigenvalue weighted by atomic mass is 10.2. The van der Waals surface area contributed by atoms with E-state index in [1.165, 1.54) is 22.4 Å². The first-order chi connectivity index (χ1) is 14.6. The second kappa shape index (κ2) is 11.4. The van der Waals surface area contributed by atoms with Crippen LogP contribution in [0.3, 0.4) is 0 Å². The molecule has 162 valence electrons. The largest absolute Gasteiger partial charge is 0.460 e. The Kier molecular flexibility index (Phi) is 8.37. The number of hydrogen-bond acceptors (Lipinski definition) is 8. The number of aromatic nitrogens is 2. The third-order valence-corrected chi connectivity index (χ3v) is 4.68. The molecule has 1 aromatic heterocycles. The molecule has 2 unspecified atom stereocenters. The number of esters is 1. The van der Waals surface area contributed by atoms with Crippen molar-refractivity contribution in [1.29, 1.82) is 0 Å². The molecule has 2 aromatic rings. The molecule has 1 aliphatic heterocycles. The van der Waals surface area contributed by atoms with Gasteiger partial charge in [0.25, 0.3) is 0 Å². The van der Waals surface area contributed by atoms with Crippen LogP contribution in [0.4, 0.5) is 5.82 Å². The highest BCUT2D eigenvalue weighted by molar-refractivity contribution is 5.69. The smallest absolute Gasteiger partial charge is 0.351 e. The molecule has 0 saturated carbocycles. The number of carbonyl (C=O) groups excluding carboxylic acids is 1. The van der Waals surface area contributed by atoms with Crippen LogP contribution in [-0.2, 0) is 25.5 Å². The third-order valence-electron chi connectivity index (χ3n) is 4.68. The normalized spacial score (nSPS) is 18.4. The van der Waals surface area contributed by atoms with Crippen LogP contribution in [0, 0.1) is 0 Å². The monoisotopic (exact) mass is 416 g/mol. The van der Waals surface area contributed by atoms with Crippen LogP contribution in [0.15, 0.2) is 47.4 Å². The van der Waals surface area contributed by atoms with E-state index in [1.54, 1.807) is 0 Å². The van der Waals surface area contributed by atoms with Crippen molar-refractivity contribution in [2.75, 3.05) is 25.5 Å². The van der Waals surface area contributed by atoms with Gasteiger partial charge < -0.3 is 25.3 Å². The van der Waals surface area contributed by atoms with Gasteiger partial charge in [0.05, 0.1) is 6.61 Å². The minimum atomic E-state index is -0.703. The number of unbranched alkanes of at least 4 members (excludes halogenated alkanes) is 2. The van der Waals surface area contributed by atoms with E-state index in [2.05, 4.69) is 22.4 Å². The van der Waals surface area contributed by atoms with Crippen LogP contribution in [0.1, 0.15) is 37.5 Å². The van der Waals surface area contributed by atoms with Crippen LogP contribution < -0.4 is 16.7 Å². The standard InChI is InChI=1S/C21H28N4O5/c22-17-10-12-25(21(27)24-17)18-14-29-20(30-18)15-28-19(26)9-5-2-6-11-23-13-16-7-3-1-4-8-16/h1,3-4,7-8,10,12,18,20,23H,2,5-6,9,11,13-15H2,(H2,22,24,27). The van der Waals surface area contributed by atoms with E-state index in [9.17, 15) is 9.59 Å². The summed E-state index contributed by atoms with van der Waals surface area (Å²) in [5.74, 6) is -0.137. The predicted octanol–water partition coefficient (Wildman–Crippen LogP) is 1.59. The van der Waals surface area contributed by atoms with Gasteiger partial charge in [0.2, 0.25) is 0 Å². The molecular formula is C21H28N4O5. The highest BCUT2D eigenvalue weighted by Gasteiger charge is 2.29. The second-order valence-corrected chi connectivity index (χ2v) is 7.05. The maximum absolute atomic E-state index is 11.9. The van der Waals surface area contributed by atoms with E-state index in [0.29, 0.717) is 6.42 Å². The lowest BCUT2D eigenvalue weighted by Crippen LogP contribution is -2.29. The fourth-order valence-electron chi connectivity index (χ4n) is 3.08. The number of benzene rings is 1. The number of rotatable bonds is 11. The Morgan fingerprint density at radius 2 is 2.07 bits per heavy atom. The summed E-state index contributed by atoms with van der Waals surface area (Å²) in [6.07, 6.45) is 3.26. The van der Waals surface area contributed by atoms with Crippen LogP contribution in [-0.4, -0.2) is 41.6 Å². The minimum absolute atomic E-state index is 0.00881. The van der Waals surface area contributed by atoms with E-state index >= 15 is 0 Å². The van der Waals surface area contributed by atoms with Gasteiger partial charge in [-0.25, -0.2) is 4.79 Å². The fraction of sp³-hybridized carbons (Fsp3) is 0.476. The van der Waals surface area contributed by atoms with Crippen LogP contribution in [0.2, 0.25) is 0 Å². The lowest BCUT2D eigenvalue weighted by Gasteiger charge is -2.13. The van der Waals surface area contributed by atoms with Crippen molar-refractivity contribution < 1.29 is 19.0 Å². The van der Waals surface area contributed by atoms with E-state index < -0.39 is 18.2 Å². The zero-order valence-corrected chi connectivity index (χ0v) is 16.9. The van der Waals surface area contributed by atoms with Gasteiger partial charge in [-0.3, -0.25) is 9.36 Å². The average molecular weight is 416 g/mol. The summed E-state index contributed by atoms with van der Waals surface area (Å²) in [5, 5.41) is 3.39. The quantitative estimate of drug-likeness (QED) is 0.419. The zero-order chi connectivity index (χ0) is 21.2. The molecule has 3 rings (SSSR count). The molecule has 2 atom stereocenters. The van der Waals surface area contributed by atoms with Gasteiger partial charge in [0, 0.05) is 19.2 Å². The maximum atomic E-state index is 11.9. The second-order valence-electron chi connectivity index (χ2n) is 7.05. The summed E-state index contributed by atoms with van der Waals surface area (Å²) in [4.78, 5) is 27.4. The number of nitrogens with two attached hydrogens (primary N) is 1. The first-order valence-corrected chi connectivity index (χ1v) is 10.1. The van der Waals surface area contributed by atoms with E-state index in [1.807, 2.05) is 18.2 Å². The Balaban J connectivity index is 1.23. The van der Waals surface area contributed by atoms with Gasteiger partial charge in [0.1, 0.15) is 12.4 Å². The number of ether oxygens (including phenoxy) is 3. The molecule has 3 N–H and O–H groups in total. The molecule has 1 aromatic carbocycles. The molecule has 9 nitrogen and oxygen atoms in total. The Labute approximate surface area is 175 Å². The van der Waals surface area contributed by atoms with Crippen molar-refractivity contribution in [3.05, 3.63) is 58.6 Å². The summed E-state index contributed by atoms with van der Waals surface area (Å²) in [7, 11) is 0. The molecule has 0 spiro atoms. The van der Waals surface area contributed by atoms with Gasteiger partial charge in [-0.15, -0.1) is 0 Å². The molecule has 9 heteroatoms. The van der Waals surface area contributed by atoms with Crippen molar-refractivity contribution in [3.63, 3.8) is 0 Å². The molecule has 30 heavy (non-hydrogen) atoms. The van der Waals surface area contributed by atoms with Gasteiger partial charge in [-0.1, -0.05) is 36.8 Å². The maximum Gasteiger partial charge on any atom is 0.351 e. The lowest BCUT2D eigenvalue weighted by molar-refractivity contribution is -0.159. The summed E-state index contributed by atoms with van der Waals surface area (Å²) in [6.45, 7) is 1.92. The highest BCUT2D eigenvalue weighted by atomic mass is 16.7. The van der Waals surface area contributed by atoms with E-state index in [0.717, 1.165) is 32.4 Å². The van der Waals surface area contributed by atoms with Crippen molar-refractivity contribution >= 4 is 11.8 Å². The molecule has 1 fully saturated rings. The predicted molar refractivity (Wildman–Crippen MR) is 110 cm³/mol. The fourth-order valence-corrected chi connectivity index (χ4v) is 3.08. The summed E-state index contributed by atoms with van der Waals surface area (Å²) in [6, 6.07) is 11.8. The molecule has 2 heterocycles. The minimum Gasteiger partial charge on any atom is -0.460 e. The van der Waals surface area contributed by atoms with Crippen molar-refractivity contribution in [3.8, 4) is 0 Å². The van der Waals surface area contributed by atoms with Gasteiger partial charge >= 0.3 is 11.7 Å². The zero-order valence-electron chi connectivity index (χ0n) is 16.9. The Morgan fingerprint density at radius 3 is 2.87 bits per heavy atom. The average Bonchev–Trinajstić information content (AvgIpc) is 3.21. The number of carbonyl (C=O) groups is 1. The summed E-state index contributed by atoms with van der Waals surface area (Å²) >= 11 is 0. The first-order valence-electron chi connectivity index (χ1n) is 10.1. The van der Waals surface area contributed by atoms with E-state index in [4.69, 9.17) is 19.9 Å². The van der Waals surface area contributed by atoms with Crippen molar-refractivity contribution in [2.45, 2.75) is 44.7 Å². The molecule has 0 radical (unpaired) electrons. The number of nitrogen functional groups attached to an aromatic ring is 1. The van der Waals surface area contributed by atoms with Crippen molar-refractivity contribution in [1.82, 2.24) is 14.9 Å². The highest BCUT2D eigenvalue weighted by Crippen LogP contribution is 2.20. The SMILES string of the molecule is Nc1ccn(C2COC(COC(=O)CCCCCNCc3ccccc3)O2)c(=O)n1. The molecule has 0 aliphatic carbocycles. The van der Waals surface area contributed by atoms with Crippen LogP contribution >= 0.6 is 0 Å². The number of anilines is 1. The van der Waals surface area contributed by atoms with Gasteiger partial charge in [-0.2, -0.15) is 4.98 Å². The molecule has 1 saturated heterocycles.